The smallest absolute Gasteiger partial charge is 0.217 e. The lowest BCUT2D eigenvalue weighted by Crippen LogP contribution is -2.06. The molecule has 0 bridgehead atoms. The molecule has 1 aromatic carbocycles. The first-order valence-corrected chi connectivity index (χ1v) is 7.01. The van der Waals surface area contributed by atoms with Gasteiger partial charge in [0.15, 0.2) is 11.5 Å². The van der Waals surface area contributed by atoms with Crippen LogP contribution in [0.2, 0.25) is 0 Å². The molecule has 1 unspecified atom stereocenters. The van der Waals surface area contributed by atoms with Gasteiger partial charge in [0.25, 0.3) is 0 Å². The van der Waals surface area contributed by atoms with Gasteiger partial charge in [0.05, 0.1) is 0 Å². The zero-order valence-corrected chi connectivity index (χ0v) is 13.3. The minimum Gasteiger partial charge on any atom is -0.504 e. The van der Waals surface area contributed by atoms with Gasteiger partial charge in [0.2, 0.25) is 5.91 Å². The van der Waals surface area contributed by atoms with Crippen LogP contribution in [0.5, 0.6) is 11.5 Å². The first kappa shape index (κ1) is 21.3. The average Bonchev–Trinajstić information content (AvgIpc) is 2.43. The first-order valence-electron chi connectivity index (χ1n) is 7.01. The van der Waals surface area contributed by atoms with Crippen LogP contribution in [0.1, 0.15) is 47.0 Å². The molecule has 0 heterocycles. The second kappa shape index (κ2) is 13.0. The van der Waals surface area contributed by atoms with Gasteiger partial charge in [0.1, 0.15) is 5.78 Å². The van der Waals surface area contributed by atoms with E-state index in [1.165, 1.54) is 12.1 Å². The van der Waals surface area contributed by atoms with Crippen LogP contribution in [-0.2, 0) is 9.59 Å². The second-order valence-corrected chi connectivity index (χ2v) is 4.61. The maximum Gasteiger partial charge on any atom is 0.217 e. The van der Waals surface area contributed by atoms with E-state index in [-0.39, 0.29) is 23.3 Å². The minimum absolute atomic E-state index is 0.0764. The fourth-order valence-corrected chi connectivity index (χ4v) is 1.10. The highest BCUT2D eigenvalue weighted by atomic mass is 16.3. The number of para-hydroxylation sites is 2. The number of hydrogen-bond donors (Lipinski definition) is 3. The van der Waals surface area contributed by atoms with Gasteiger partial charge >= 0.3 is 0 Å². The molecule has 0 aromatic heterocycles. The van der Waals surface area contributed by atoms with Crippen LogP contribution < -0.4 is 5.73 Å². The number of carbonyl (C=O) groups is 2. The molecule has 0 spiro atoms. The van der Waals surface area contributed by atoms with Crippen molar-refractivity contribution >= 4 is 11.7 Å². The summed E-state index contributed by atoms with van der Waals surface area (Å²) in [5.41, 5.74) is 4.65. The molecule has 21 heavy (non-hydrogen) atoms. The van der Waals surface area contributed by atoms with Gasteiger partial charge in [-0.25, -0.2) is 0 Å². The molecule has 1 rings (SSSR count). The Morgan fingerprint density at radius 3 is 1.67 bits per heavy atom. The van der Waals surface area contributed by atoms with Crippen LogP contribution >= 0.6 is 0 Å². The molecule has 1 atom stereocenters. The molecule has 1 aromatic rings. The first-order chi connectivity index (χ1) is 9.76. The molecule has 5 nitrogen and oxygen atoms in total. The van der Waals surface area contributed by atoms with Crippen LogP contribution in [-0.4, -0.2) is 21.9 Å². The number of primary amides is 1. The number of Topliss-reactive ketones (excluding diaryl/α,β-unsaturated/α-hetero) is 1. The third kappa shape index (κ3) is 14.2. The van der Waals surface area contributed by atoms with E-state index in [4.69, 9.17) is 10.2 Å². The van der Waals surface area contributed by atoms with Crippen molar-refractivity contribution in [3.05, 3.63) is 24.3 Å². The molecule has 0 radical (unpaired) electrons. The van der Waals surface area contributed by atoms with Crippen LogP contribution in [0.15, 0.2) is 24.3 Å². The Morgan fingerprint density at radius 1 is 1.14 bits per heavy atom. The van der Waals surface area contributed by atoms with Crippen LogP contribution in [0.25, 0.3) is 0 Å². The Morgan fingerprint density at radius 2 is 1.52 bits per heavy atom. The summed E-state index contributed by atoms with van der Waals surface area (Å²) in [4.78, 5) is 20.1. The molecule has 0 saturated heterocycles. The summed E-state index contributed by atoms with van der Waals surface area (Å²) in [6, 6.07) is 6.15. The number of phenolic OH excluding ortho intramolecular Hbond substituents is 2. The number of aromatic hydroxyl groups is 2. The number of phenols is 2. The lowest BCUT2D eigenvalue weighted by molar-refractivity contribution is -0.120. The Bertz CT molecular complexity index is 397. The number of carbonyl (C=O) groups excluding carboxylic acids is 2. The van der Waals surface area contributed by atoms with Gasteiger partial charge in [0, 0.05) is 12.3 Å². The number of rotatable bonds is 4. The molecular weight excluding hydrogens is 270 g/mol. The molecule has 4 N–H and O–H groups in total. The molecule has 0 fully saturated rings. The number of amides is 1. The molecular formula is C16H27NO4. The maximum absolute atomic E-state index is 10.5. The summed E-state index contributed by atoms with van der Waals surface area (Å²) in [6.07, 6.45) is 2.59. The Kier molecular flexibility index (Phi) is 13.1. The summed E-state index contributed by atoms with van der Waals surface area (Å²) in [5.74, 6) is 0.192. The highest BCUT2D eigenvalue weighted by Crippen LogP contribution is 2.21. The van der Waals surface area contributed by atoms with Crippen LogP contribution in [0.4, 0.5) is 0 Å². The Labute approximate surface area is 126 Å². The van der Waals surface area contributed by atoms with Gasteiger partial charge in [-0.05, 0) is 25.5 Å². The molecule has 1 amide bonds. The predicted octanol–water partition coefficient (Wildman–Crippen LogP) is 2.99. The Hall–Kier alpha value is -2.04. The Balaban J connectivity index is 0. The predicted molar refractivity (Wildman–Crippen MR) is 84.0 cm³/mol. The largest absolute Gasteiger partial charge is 0.504 e. The van der Waals surface area contributed by atoms with Crippen molar-refractivity contribution in [3.8, 4) is 11.5 Å². The third-order valence-electron chi connectivity index (χ3n) is 2.65. The van der Waals surface area contributed by atoms with E-state index in [0.717, 1.165) is 12.8 Å². The van der Waals surface area contributed by atoms with Crippen LogP contribution in [0, 0.1) is 5.92 Å². The summed E-state index contributed by atoms with van der Waals surface area (Å²) in [6.45, 7) is 7.45. The van der Waals surface area contributed by atoms with Gasteiger partial charge in [-0.2, -0.15) is 0 Å². The number of benzene rings is 1. The fourth-order valence-electron chi connectivity index (χ4n) is 1.10. The highest BCUT2D eigenvalue weighted by molar-refractivity contribution is 5.77. The number of ketones is 1. The summed E-state index contributed by atoms with van der Waals surface area (Å²) in [5, 5.41) is 17.3. The van der Waals surface area contributed by atoms with E-state index in [1.807, 2.05) is 6.92 Å². The van der Waals surface area contributed by atoms with Crippen molar-refractivity contribution in [2.24, 2.45) is 11.7 Å². The van der Waals surface area contributed by atoms with E-state index >= 15 is 0 Å². The lowest BCUT2D eigenvalue weighted by Gasteiger charge is -2.01. The van der Waals surface area contributed by atoms with Crippen molar-refractivity contribution in [2.75, 3.05) is 0 Å². The summed E-state index contributed by atoms with van der Waals surface area (Å²) < 4.78 is 0. The normalized spacial score (nSPS) is 10.3. The molecule has 0 aliphatic heterocycles. The molecule has 5 heteroatoms. The van der Waals surface area contributed by atoms with Crippen molar-refractivity contribution in [3.63, 3.8) is 0 Å². The van der Waals surface area contributed by atoms with E-state index in [2.05, 4.69) is 12.7 Å². The van der Waals surface area contributed by atoms with Gasteiger partial charge in [-0.3, -0.25) is 9.59 Å². The third-order valence-corrected chi connectivity index (χ3v) is 2.65. The number of nitrogens with two attached hydrogens (primary N) is 1. The van der Waals surface area contributed by atoms with Crippen molar-refractivity contribution < 1.29 is 19.8 Å². The van der Waals surface area contributed by atoms with Crippen molar-refractivity contribution in [1.82, 2.24) is 0 Å². The zero-order valence-electron chi connectivity index (χ0n) is 13.3. The highest BCUT2D eigenvalue weighted by Gasteiger charge is 2.03. The molecule has 0 saturated carbocycles. The second-order valence-electron chi connectivity index (χ2n) is 4.61. The van der Waals surface area contributed by atoms with Gasteiger partial charge < -0.3 is 15.9 Å². The molecule has 120 valence electrons. The fraction of sp³-hybridized carbons (Fsp3) is 0.500. The average molecular weight is 297 g/mol. The minimum atomic E-state index is -0.245. The molecule has 0 aliphatic carbocycles. The van der Waals surface area contributed by atoms with Crippen molar-refractivity contribution in [1.29, 1.82) is 0 Å². The van der Waals surface area contributed by atoms with Gasteiger partial charge in [-0.15, -0.1) is 0 Å². The molecule has 0 aliphatic rings. The van der Waals surface area contributed by atoms with E-state index < -0.39 is 0 Å². The lowest BCUT2D eigenvalue weighted by atomic mass is 10.0. The van der Waals surface area contributed by atoms with E-state index in [0.29, 0.717) is 12.2 Å². The number of hydrogen-bond acceptors (Lipinski definition) is 4. The quantitative estimate of drug-likeness (QED) is 0.744. The van der Waals surface area contributed by atoms with E-state index in [9.17, 15) is 9.59 Å². The summed E-state index contributed by atoms with van der Waals surface area (Å²) >= 11 is 0. The van der Waals surface area contributed by atoms with E-state index in [1.54, 1.807) is 26.0 Å². The summed E-state index contributed by atoms with van der Waals surface area (Å²) in [7, 11) is 0. The van der Waals surface area contributed by atoms with Crippen LogP contribution in [0.3, 0.4) is 0 Å². The SMILES string of the molecule is CCC(N)=O.CCCC(C)C(C)=O.Oc1ccccc1O. The standard InChI is InChI=1S/C7H14O.C6H6O2.C3H7NO/c1-4-5-6(2)7(3)8;7-5-3-1-2-4-6(5)8;1-2-3(4)5/h6H,4-5H2,1-3H3;1-4,7-8H;2H2,1H3,(H2,4,5). The zero-order chi connectivity index (χ0) is 16.8. The maximum atomic E-state index is 10.5. The van der Waals surface area contributed by atoms with Gasteiger partial charge in [-0.1, -0.05) is 39.3 Å². The monoisotopic (exact) mass is 297 g/mol. The topological polar surface area (TPSA) is 101 Å². The van der Waals surface area contributed by atoms with Crippen molar-refractivity contribution in [2.45, 2.75) is 47.0 Å².